The van der Waals surface area contributed by atoms with Crippen molar-refractivity contribution in [3.8, 4) is 0 Å². The Hall–Kier alpha value is -1.99. The molecule has 3 rings (SSSR count). The molecule has 1 saturated heterocycles. The van der Waals surface area contributed by atoms with E-state index in [4.69, 9.17) is 4.43 Å². The minimum Gasteiger partial charge on any atom is -0.412 e. The van der Waals surface area contributed by atoms with Gasteiger partial charge in [-0.1, -0.05) is 32.9 Å². The van der Waals surface area contributed by atoms with Crippen molar-refractivity contribution in [2.45, 2.75) is 52.4 Å². The molecule has 1 aromatic carbocycles. The van der Waals surface area contributed by atoms with Gasteiger partial charge in [0.2, 0.25) is 0 Å². The molecule has 0 radical (unpaired) electrons. The number of hydrogen-bond donors (Lipinski definition) is 0. The lowest BCUT2D eigenvalue weighted by atomic mass is 10.1. The van der Waals surface area contributed by atoms with Crippen LogP contribution in [0.2, 0.25) is 18.1 Å². The summed E-state index contributed by atoms with van der Waals surface area (Å²) in [5.41, 5.74) is 1.31. The van der Waals surface area contributed by atoms with Crippen LogP contribution in [0, 0.1) is 12.7 Å². The van der Waals surface area contributed by atoms with Gasteiger partial charge in [0.15, 0.2) is 14.1 Å². The molecule has 29 heavy (non-hydrogen) atoms. The number of piperazine rings is 1. The number of hydrogen-bond acceptors (Lipinski definition) is 5. The lowest BCUT2D eigenvalue weighted by Gasteiger charge is -2.37. The van der Waals surface area contributed by atoms with Crippen molar-refractivity contribution in [3.05, 3.63) is 47.7 Å². The fourth-order valence-corrected chi connectivity index (χ4v) is 4.14. The van der Waals surface area contributed by atoms with Gasteiger partial charge in [-0.05, 0) is 37.2 Å². The van der Waals surface area contributed by atoms with Crippen LogP contribution < -0.4 is 9.80 Å². The number of halogens is 1. The topological polar surface area (TPSA) is 41.5 Å². The molecule has 1 aliphatic rings. The van der Waals surface area contributed by atoms with Crippen molar-refractivity contribution in [2.24, 2.45) is 0 Å². The number of aryl methyl sites for hydroxylation is 1. The Labute approximate surface area is 175 Å². The summed E-state index contributed by atoms with van der Waals surface area (Å²) in [4.78, 5) is 13.0. The Morgan fingerprint density at radius 2 is 1.72 bits per heavy atom. The molecule has 0 unspecified atom stereocenters. The van der Waals surface area contributed by atoms with Gasteiger partial charge in [0.1, 0.15) is 11.6 Å². The monoisotopic (exact) mass is 416 g/mol. The molecule has 0 saturated carbocycles. The average Bonchev–Trinajstić information content (AvgIpc) is 2.66. The number of rotatable bonds is 5. The van der Waals surface area contributed by atoms with Gasteiger partial charge in [-0.15, -0.1) is 0 Å². The summed E-state index contributed by atoms with van der Waals surface area (Å²) >= 11 is 0. The van der Waals surface area contributed by atoms with Crippen molar-refractivity contribution in [2.75, 3.05) is 36.0 Å². The van der Waals surface area contributed by atoms with Crippen LogP contribution in [0.4, 0.5) is 15.9 Å². The third kappa shape index (κ3) is 4.95. The van der Waals surface area contributed by atoms with E-state index in [1.54, 1.807) is 6.20 Å². The minimum atomic E-state index is -1.92. The second-order valence-corrected chi connectivity index (χ2v) is 14.0. The molecule has 7 heteroatoms. The molecule has 2 heterocycles. The minimum absolute atomic E-state index is 0.108. The number of aromatic nitrogens is 2. The summed E-state index contributed by atoms with van der Waals surface area (Å²) in [6.45, 7) is 16.3. The molecule has 2 aromatic rings. The highest BCUT2D eigenvalue weighted by Crippen LogP contribution is 2.37. The van der Waals surface area contributed by atoms with E-state index in [0.717, 1.165) is 37.8 Å². The maximum Gasteiger partial charge on any atom is 0.192 e. The molecule has 0 aliphatic carbocycles. The van der Waals surface area contributed by atoms with E-state index < -0.39 is 8.32 Å². The lowest BCUT2D eigenvalue weighted by molar-refractivity contribution is 0.271. The van der Waals surface area contributed by atoms with Crippen molar-refractivity contribution in [3.63, 3.8) is 0 Å². The van der Waals surface area contributed by atoms with Gasteiger partial charge in [-0.3, -0.25) is 0 Å². The van der Waals surface area contributed by atoms with Gasteiger partial charge in [0.05, 0.1) is 12.3 Å². The summed E-state index contributed by atoms with van der Waals surface area (Å²) in [6.07, 6.45) is 1.79. The van der Waals surface area contributed by atoms with E-state index in [-0.39, 0.29) is 10.9 Å². The first-order valence-corrected chi connectivity index (χ1v) is 13.2. The summed E-state index contributed by atoms with van der Waals surface area (Å²) in [5.74, 6) is 1.55. The van der Waals surface area contributed by atoms with E-state index in [0.29, 0.717) is 17.9 Å². The van der Waals surface area contributed by atoms with Crippen molar-refractivity contribution in [1.29, 1.82) is 0 Å². The third-order valence-corrected chi connectivity index (χ3v) is 10.6. The number of anilines is 2. The molecule has 0 atom stereocenters. The molecule has 1 aromatic heterocycles. The van der Waals surface area contributed by atoms with Gasteiger partial charge >= 0.3 is 0 Å². The Bertz CT molecular complexity index is 845. The highest BCUT2D eigenvalue weighted by molar-refractivity contribution is 6.74. The molecule has 158 valence electrons. The van der Waals surface area contributed by atoms with Gasteiger partial charge in [0, 0.05) is 37.9 Å². The Morgan fingerprint density at radius 1 is 1.07 bits per heavy atom. The Kier molecular flexibility index (Phi) is 6.29. The van der Waals surface area contributed by atoms with Crippen LogP contribution in [0.15, 0.2) is 30.5 Å². The zero-order chi connectivity index (χ0) is 21.2. The fourth-order valence-electron chi connectivity index (χ4n) is 3.19. The predicted octanol–water partition coefficient (Wildman–Crippen LogP) is 4.77. The second kappa shape index (κ2) is 8.40. The van der Waals surface area contributed by atoms with Crippen molar-refractivity contribution in [1.82, 2.24) is 9.97 Å². The van der Waals surface area contributed by atoms with Gasteiger partial charge < -0.3 is 14.2 Å². The normalized spacial score (nSPS) is 15.7. The molecule has 0 N–H and O–H groups in total. The Morgan fingerprint density at radius 3 is 2.34 bits per heavy atom. The SMILES string of the molecule is Cc1nccc(N2CCN(c3cccc(CO[Si](C)(C)C(C)(C)C)c3F)CC2)n1. The first-order chi connectivity index (χ1) is 13.6. The zero-order valence-electron chi connectivity index (χ0n) is 18.5. The molecule has 1 fully saturated rings. The molecule has 1 aliphatic heterocycles. The highest BCUT2D eigenvalue weighted by atomic mass is 28.4. The van der Waals surface area contributed by atoms with Crippen molar-refractivity contribution >= 4 is 19.8 Å². The molecule has 0 bridgehead atoms. The molecule has 5 nitrogen and oxygen atoms in total. The molecule has 0 amide bonds. The maximum absolute atomic E-state index is 15.3. The van der Waals surface area contributed by atoms with E-state index in [9.17, 15) is 0 Å². The fraction of sp³-hybridized carbons (Fsp3) is 0.545. The molecular weight excluding hydrogens is 383 g/mol. The lowest BCUT2D eigenvalue weighted by Crippen LogP contribution is -2.47. The van der Waals surface area contributed by atoms with Crippen molar-refractivity contribution < 1.29 is 8.82 Å². The highest BCUT2D eigenvalue weighted by Gasteiger charge is 2.37. The second-order valence-electron chi connectivity index (χ2n) is 9.24. The first kappa shape index (κ1) is 21.7. The number of nitrogens with zero attached hydrogens (tertiary/aromatic N) is 4. The van der Waals surface area contributed by atoms with Gasteiger partial charge in [0.25, 0.3) is 0 Å². The molecule has 0 spiro atoms. The van der Waals surface area contributed by atoms with Crippen LogP contribution in [0.25, 0.3) is 0 Å². The van der Waals surface area contributed by atoms with Gasteiger partial charge in [-0.2, -0.15) is 0 Å². The van der Waals surface area contributed by atoms with Gasteiger partial charge in [-0.25, -0.2) is 14.4 Å². The van der Waals surface area contributed by atoms with Crippen LogP contribution in [0.1, 0.15) is 32.2 Å². The summed E-state index contributed by atoms with van der Waals surface area (Å²) in [7, 11) is -1.92. The van der Waals surface area contributed by atoms with Crippen LogP contribution in [0.5, 0.6) is 0 Å². The van der Waals surface area contributed by atoms with E-state index in [1.165, 1.54) is 0 Å². The summed E-state index contributed by atoms with van der Waals surface area (Å²) < 4.78 is 21.5. The zero-order valence-corrected chi connectivity index (χ0v) is 19.5. The smallest absolute Gasteiger partial charge is 0.192 e. The van der Waals surface area contributed by atoms with Crippen LogP contribution in [-0.2, 0) is 11.0 Å². The van der Waals surface area contributed by atoms with E-state index in [1.807, 2.05) is 31.2 Å². The number of benzene rings is 1. The van der Waals surface area contributed by atoms with E-state index >= 15 is 4.39 Å². The summed E-state index contributed by atoms with van der Waals surface area (Å²) in [5, 5.41) is 0.108. The predicted molar refractivity (Wildman–Crippen MR) is 120 cm³/mol. The standard InChI is InChI=1S/C22H33FN4OSi/c1-17-24-11-10-20(25-17)27-14-12-26(13-15-27)19-9-7-8-18(21(19)23)16-28-29(5,6)22(2,3)4/h7-11H,12-16H2,1-6H3. The summed E-state index contributed by atoms with van der Waals surface area (Å²) in [6, 6.07) is 7.58. The molecular formula is C22H33FN4OSi. The first-order valence-electron chi connectivity index (χ1n) is 10.3. The van der Waals surface area contributed by atoms with E-state index in [2.05, 4.69) is 53.6 Å². The maximum atomic E-state index is 15.3. The average molecular weight is 417 g/mol. The largest absolute Gasteiger partial charge is 0.412 e. The van der Waals surface area contributed by atoms with Crippen LogP contribution >= 0.6 is 0 Å². The third-order valence-electron chi connectivity index (χ3n) is 6.16. The van der Waals surface area contributed by atoms with Crippen LogP contribution in [0.3, 0.4) is 0 Å². The van der Waals surface area contributed by atoms with Crippen LogP contribution in [-0.4, -0.2) is 44.5 Å². The quantitative estimate of drug-likeness (QED) is 0.657. The Balaban J connectivity index is 1.67.